The summed E-state index contributed by atoms with van der Waals surface area (Å²) in [4.78, 5) is 2.64. The third-order valence-corrected chi connectivity index (χ3v) is 5.47. The molecular weight excluding hydrogens is 260 g/mol. The van der Waals surface area contributed by atoms with Gasteiger partial charge in [-0.15, -0.1) is 0 Å². The lowest BCUT2D eigenvalue weighted by Crippen LogP contribution is -2.51. The molecule has 3 N–H and O–H groups in total. The van der Waals surface area contributed by atoms with Crippen LogP contribution in [0.15, 0.2) is 24.3 Å². The lowest BCUT2D eigenvalue weighted by Gasteiger charge is -2.45. The topological polar surface area (TPSA) is 49.5 Å². The van der Waals surface area contributed by atoms with E-state index in [4.69, 9.17) is 5.73 Å². The van der Waals surface area contributed by atoms with E-state index in [9.17, 15) is 5.11 Å². The first kappa shape index (κ1) is 15.0. The fraction of sp³-hybridized carbons (Fsp3) is 0.667. The van der Waals surface area contributed by atoms with Gasteiger partial charge in [-0.1, -0.05) is 31.2 Å². The van der Waals surface area contributed by atoms with Crippen LogP contribution in [0.3, 0.4) is 0 Å². The highest BCUT2D eigenvalue weighted by Crippen LogP contribution is 2.43. The van der Waals surface area contributed by atoms with Crippen LogP contribution in [0, 0.1) is 6.92 Å². The van der Waals surface area contributed by atoms with Gasteiger partial charge < -0.3 is 10.8 Å². The van der Waals surface area contributed by atoms with Crippen molar-refractivity contribution < 1.29 is 5.11 Å². The molecule has 21 heavy (non-hydrogen) atoms. The Bertz CT molecular complexity index is 476. The molecule has 3 heteroatoms. The second kappa shape index (κ2) is 6.07. The van der Waals surface area contributed by atoms with Crippen molar-refractivity contribution in [3.8, 4) is 0 Å². The highest BCUT2D eigenvalue weighted by Gasteiger charge is 2.45. The third-order valence-electron chi connectivity index (χ3n) is 5.47. The largest absolute Gasteiger partial charge is 0.393 e. The Morgan fingerprint density at radius 3 is 2.43 bits per heavy atom. The minimum absolute atomic E-state index is 0.117. The highest BCUT2D eigenvalue weighted by molar-refractivity contribution is 5.31. The van der Waals surface area contributed by atoms with Gasteiger partial charge in [-0.3, -0.25) is 4.90 Å². The molecule has 0 aliphatic carbocycles. The van der Waals surface area contributed by atoms with Crippen LogP contribution in [0.1, 0.15) is 56.2 Å². The Morgan fingerprint density at radius 1 is 1.24 bits per heavy atom. The molecule has 2 saturated heterocycles. The molecule has 0 aromatic heterocycles. The summed E-state index contributed by atoms with van der Waals surface area (Å²) in [5.74, 6) is 0. The minimum atomic E-state index is -0.117. The van der Waals surface area contributed by atoms with Gasteiger partial charge in [0.05, 0.1) is 12.1 Å². The molecule has 4 unspecified atom stereocenters. The van der Waals surface area contributed by atoms with Gasteiger partial charge in [-0.2, -0.15) is 0 Å². The van der Waals surface area contributed by atoms with Gasteiger partial charge in [-0.05, 0) is 50.2 Å². The maximum absolute atomic E-state index is 10.1. The molecule has 1 aromatic carbocycles. The van der Waals surface area contributed by atoms with Crippen LogP contribution in [0.4, 0.5) is 0 Å². The van der Waals surface area contributed by atoms with E-state index in [0.717, 1.165) is 19.3 Å². The number of nitrogens with zero attached hydrogens (tertiary/aromatic N) is 1. The van der Waals surface area contributed by atoms with Gasteiger partial charge >= 0.3 is 0 Å². The van der Waals surface area contributed by atoms with Crippen LogP contribution in [-0.4, -0.2) is 34.2 Å². The summed E-state index contributed by atoms with van der Waals surface area (Å²) in [6.07, 6.45) is 5.11. The van der Waals surface area contributed by atoms with Crippen molar-refractivity contribution in [2.24, 2.45) is 5.73 Å². The van der Waals surface area contributed by atoms with E-state index in [2.05, 4.69) is 43.0 Å². The maximum atomic E-state index is 10.1. The van der Waals surface area contributed by atoms with Crippen LogP contribution in [0.25, 0.3) is 0 Å². The summed E-state index contributed by atoms with van der Waals surface area (Å²) in [7, 11) is 0. The molecule has 4 atom stereocenters. The smallest absolute Gasteiger partial charge is 0.0570 e. The number of rotatable bonds is 4. The molecule has 2 fully saturated rings. The SMILES string of the molecule is CCC(N)C(c1ccccc1C)N1C2CCC1CC(O)C2. The molecule has 0 radical (unpaired) electrons. The second-order valence-electron chi connectivity index (χ2n) is 6.83. The molecular formula is C18H28N2O. The summed E-state index contributed by atoms with van der Waals surface area (Å²) in [6.45, 7) is 4.36. The zero-order chi connectivity index (χ0) is 15.0. The lowest BCUT2D eigenvalue weighted by atomic mass is 9.88. The van der Waals surface area contributed by atoms with Crippen molar-refractivity contribution in [3.63, 3.8) is 0 Å². The number of fused-ring (bicyclic) bond motifs is 2. The standard InChI is InChI=1S/C18H28N2O/c1-3-17(19)18(16-7-5-4-6-12(16)2)20-13-8-9-14(20)11-15(21)10-13/h4-7,13-15,17-18,21H,3,8-11,19H2,1-2H3. The van der Waals surface area contributed by atoms with Crippen LogP contribution >= 0.6 is 0 Å². The molecule has 116 valence electrons. The van der Waals surface area contributed by atoms with Gasteiger partial charge in [0.1, 0.15) is 0 Å². The van der Waals surface area contributed by atoms with Gasteiger partial charge in [0.15, 0.2) is 0 Å². The summed E-state index contributed by atoms with van der Waals surface area (Å²) in [5.41, 5.74) is 9.24. The number of piperidine rings is 1. The Balaban J connectivity index is 1.96. The molecule has 2 aliphatic rings. The fourth-order valence-corrected chi connectivity index (χ4v) is 4.39. The Hall–Kier alpha value is -0.900. The van der Waals surface area contributed by atoms with E-state index in [0.29, 0.717) is 18.1 Å². The number of aliphatic hydroxyl groups is 1. The van der Waals surface area contributed by atoms with Crippen LogP contribution in [0.2, 0.25) is 0 Å². The molecule has 3 nitrogen and oxygen atoms in total. The normalized spacial score (nSPS) is 32.1. The summed E-state index contributed by atoms with van der Waals surface area (Å²) < 4.78 is 0. The maximum Gasteiger partial charge on any atom is 0.0570 e. The summed E-state index contributed by atoms with van der Waals surface area (Å²) >= 11 is 0. The monoisotopic (exact) mass is 288 g/mol. The predicted molar refractivity (Wildman–Crippen MR) is 86.1 cm³/mol. The molecule has 1 aromatic rings. The Morgan fingerprint density at radius 2 is 1.86 bits per heavy atom. The number of nitrogens with two attached hydrogens (primary N) is 1. The van der Waals surface area contributed by atoms with Crippen LogP contribution in [-0.2, 0) is 0 Å². The molecule has 2 bridgehead atoms. The number of benzene rings is 1. The zero-order valence-corrected chi connectivity index (χ0v) is 13.2. The Kier molecular flexibility index (Phi) is 4.34. The molecule has 0 amide bonds. The molecule has 2 aliphatic heterocycles. The van der Waals surface area contributed by atoms with E-state index in [-0.39, 0.29) is 12.1 Å². The third kappa shape index (κ3) is 2.75. The number of hydrogen-bond donors (Lipinski definition) is 2. The van der Waals surface area contributed by atoms with Gasteiger partial charge in [0.25, 0.3) is 0 Å². The Labute approximate surface area is 128 Å². The van der Waals surface area contributed by atoms with E-state index in [1.165, 1.54) is 24.0 Å². The van der Waals surface area contributed by atoms with E-state index < -0.39 is 0 Å². The number of aliphatic hydroxyl groups excluding tert-OH is 1. The van der Waals surface area contributed by atoms with Crippen molar-refractivity contribution in [1.82, 2.24) is 4.90 Å². The average molecular weight is 288 g/mol. The van der Waals surface area contributed by atoms with Crippen LogP contribution < -0.4 is 5.73 Å². The van der Waals surface area contributed by atoms with Gasteiger partial charge in [0, 0.05) is 18.1 Å². The first-order valence-electron chi connectivity index (χ1n) is 8.38. The quantitative estimate of drug-likeness (QED) is 0.895. The predicted octanol–water partition coefficient (Wildman–Crippen LogP) is 2.76. The summed E-state index contributed by atoms with van der Waals surface area (Å²) in [5, 5.41) is 10.1. The minimum Gasteiger partial charge on any atom is -0.393 e. The van der Waals surface area contributed by atoms with E-state index in [1.54, 1.807) is 0 Å². The van der Waals surface area contributed by atoms with Gasteiger partial charge in [-0.25, -0.2) is 0 Å². The van der Waals surface area contributed by atoms with Crippen molar-refractivity contribution in [3.05, 3.63) is 35.4 Å². The molecule has 0 saturated carbocycles. The van der Waals surface area contributed by atoms with Crippen molar-refractivity contribution >= 4 is 0 Å². The highest BCUT2D eigenvalue weighted by atomic mass is 16.3. The van der Waals surface area contributed by atoms with E-state index in [1.807, 2.05) is 0 Å². The second-order valence-corrected chi connectivity index (χ2v) is 6.83. The molecule has 0 spiro atoms. The number of hydrogen-bond acceptors (Lipinski definition) is 3. The zero-order valence-electron chi connectivity index (χ0n) is 13.2. The average Bonchev–Trinajstić information content (AvgIpc) is 2.73. The van der Waals surface area contributed by atoms with Crippen LogP contribution in [0.5, 0.6) is 0 Å². The molecule has 2 heterocycles. The van der Waals surface area contributed by atoms with Crippen molar-refractivity contribution in [2.75, 3.05) is 0 Å². The fourth-order valence-electron chi connectivity index (χ4n) is 4.39. The van der Waals surface area contributed by atoms with Crippen molar-refractivity contribution in [1.29, 1.82) is 0 Å². The first-order valence-corrected chi connectivity index (χ1v) is 8.38. The number of aryl methyl sites for hydroxylation is 1. The lowest BCUT2D eigenvalue weighted by molar-refractivity contribution is 0.00216. The van der Waals surface area contributed by atoms with Crippen molar-refractivity contribution in [2.45, 2.75) is 76.2 Å². The first-order chi connectivity index (χ1) is 10.1. The molecule has 3 rings (SSSR count). The van der Waals surface area contributed by atoms with Gasteiger partial charge in [0.2, 0.25) is 0 Å². The summed E-state index contributed by atoms with van der Waals surface area (Å²) in [6, 6.07) is 10.1. The van der Waals surface area contributed by atoms with E-state index >= 15 is 0 Å².